The zero-order valence-electron chi connectivity index (χ0n) is 13.6. The van der Waals surface area contributed by atoms with Crippen molar-refractivity contribution >= 4 is 5.91 Å². The summed E-state index contributed by atoms with van der Waals surface area (Å²) >= 11 is 0. The lowest BCUT2D eigenvalue weighted by Gasteiger charge is -2.33. The van der Waals surface area contributed by atoms with E-state index in [4.69, 9.17) is 4.52 Å². The highest BCUT2D eigenvalue weighted by atomic mass is 16.6. The SMILES string of the molecule is O=C([C@@H]1C[C@H]1[N+](=O)[O-])N1CCCC[C@H]1c1nc(-c2ccccc2)no1. The molecule has 25 heavy (non-hydrogen) atoms. The molecule has 2 aromatic rings. The van der Waals surface area contributed by atoms with E-state index < -0.39 is 12.0 Å². The smallest absolute Gasteiger partial charge is 0.249 e. The number of likely N-dealkylation sites (tertiary alicyclic amines) is 1. The van der Waals surface area contributed by atoms with E-state index in [2.05, 4.69) is 10.1 Å². The lowest BCUT2D eigenvalue weighted by molar-refractivity contribution is -0.497. The molecule has 1 saturated carbocycles. The molecular weight excluding hydrogens is 324 g/mol. The molecular formula is C17H18N4O4. The van der Waals surface area contributed by atoms with Crippen LogP contribution >= 0.6 is 0 Å². The summed E-state index contributed by atoms with van der Waals surface area (Å²) in [6, 6.07) is 8.46. The first kappa shape index (κ1) is 15.7. The molecule has 2 heterocycles. The van der Waals surface area contributed by atoms with E-state index in [1.165, 1.54) is 0 Å². The Bertz CT molecular complexity index is 791. The summed E-state index contributed by atoms with van der Waals surface area (Å²) in [5, 5.41) is 14.9. The Kier molecular flexibility index (Phi) is 3.95. The Balaban J connectivity index is 1.55. The summed E-state index contributed by atoms with van der Waals surface area (Å²) in [5.74, 6) is 0.228. The van der Waals surface area contributed by atoms with E-state index in [1.807, 2.05) is 30.3 Å². The third-order valence-electron chi connectivity index (χ3n) is 4.89. The van der Waals surface area contributed by atoms with Crippen LogP contribution in [0.2, 0.25) is 0 Å². The van der Waals surface area contributed by atoms with E-state index in [-0.39, 0.29) is 16.9 Å². The van der Waals surface area contributed by atoms with Crippen molar-refractivity contribution in [2.45, 2.75) is 37.8 Å². The summed E-state index contributed by atoms with van der Waals surface area (Å²) < 4.78 is 5.42. The number of nitrogens with zero attached hydrogens (tertiary/aromatic N) is 4. The Labute approximate surface area is 144 Å². The van der Waals surface area contributed by atoms with E-state index in [0.717, 1.165) is 24.8 Å². The predicted octanol–water partition coefficient (Wildman–Crippen LogP) is 2.46. The summed E-state index contributed by atoms with van der Waals surface area (Å²) in [6.07, 6.45) is 2.91. The minimum Gasteiger partial charge on any atom is -0.337 e. The molecule has 1 saturated heterocycles. The van der Waals surface area contributed by atoms with Gasteiger partial charge in [-0.15, -0.1) is 0 Å². The van der Waals surface area contributed by atoms with Crippen LogP contribution < -0.4 is 0 Å². The van der Waals surface area contributed by atoms with Crippen LogP contribution in [0.4, 0.5) is 0 Å². The van der Waals surface area contributed by atoms with Gasteiger partial charge in [0, 0.05) is 23.5 Å². The van der Waals surface area contributed by atoms with Crippen LogP contribution in [0.15, 0.2) is 34.9 Å². The minimum absolute atomic E-state index is 0.161. The largest absolute Gasteiger partial charge is 0.337 e. The van der Waals surface area contributed by atoms with Crippen LogP contribution in [-0.2, 0) is 4.79 Å². The number of benzene rings is 1. The third-order valence-corrected chi connectivity index (χ3v) is 4.89. The summed E-state index contributed by atoms with van der Waals surface area (Å²) in [4.78, 5) is 29.3. The minimum atomic E-state index is -0.738. The molecule has 1 aromatic carbocycles. The molecule has 0 unspecified atom stereocenters. The third kappa shape index (κ3) is 2.99. The number of nitro groups is 1. The van der Waals surface area contributed by atoms with Crippen molar-refractivity contribution in [3.63, 3.8) is 0 Å². The second-order valence-corrected chi connectivity index (χ2v) is 6.56. The van der Waals surface area contributed by atoms with Crippen molar-refractivity contribution in [1.82, 2.24) is 15.0 Å². The summed E-state index contributed by atoms with van der Waals surface area (Å²) in [6.45, 7) is 0.577. The van der Waals surface area contributed by atoms with Crippen molar-refractivity contribution in [2.24, 2.45) is 5.92 Å². The monoisotopic (exact) mass is 342 g/mol. The second-order valence-electron chi connectivity index (χ2n) is 6.56. The van der Waals surface area contributed by atoms with Gasteiger partial charge in [0.1, 0.15) is 12.0 Å². The number of hydrogen-bond acceptors (Lipinski definition) is 6. The molecule has 130 valence electrons. The first-order valence-corrected chi connectivity index (χ1v) is 8.48. The average Bonchev–Trinajstić information content (AvgIpc) is 3.31. The molecule has 8 nitrogen and oxygen atoms in total. The maximum absolute atomic E-state index is 12.7. The molecule has 2 aliphatic rings. The maximum atomic E-state index is 12.7. The molecule has 0 radical (unpaired) electrons. The number of carbonyl (C=O) groups is 1. The van der Waals surface area contributed by atoms with Gasteiger partial charge >= 0.3 is 0 Å². The fourth-order valence-corrected chi connectivity index (χ4v) is 3.42. The molecule has 1 aliphatic carbocycles. The fourth-order valence-electron chi connectivity index (χ4n) is 3.42. The van der Waals surface area contributed by atoms with Gasteiger partial charge in [-0.25, -0.2) is 0 Å². The molecule has 1 aromatic heterocycles. The highest BCUT2D eigenvalue weighted by Crippen LogP contribution is 2.39. The van der Waals surface area contributed by atoms with E-state index in [1.54, 1.807) is 4.90 Å². The standard InChI is InChI=1S/C17H18N4O4/c22-17(12-10-14(12)21(23)24)20-9-5-4-8-13(20)16-18-15(19-25-16)11-6-2-1-3-7-11/h1-3,6-7,12-14H,4-5,8-10H2/t12-,13+,14-/m1/s1. The number of rotatable bonds is 4. The molecule has 4 rings (SSSR count). The molecule has 1 aliphatic heterocycles. The van der Waals surface area contributed by atoms with Gasteiger partial charge in [-0.1, -0.05) is 35.5 Å². The first-order valence-electron chi connectivity index (χ1n) is 8.48. The summed E-state index contributed by atoms with van der Waals surface area (Å²) in [7, 11) is 0. The number of aromatic nitrogens is 2. The zero-order chi connectivity index (χ0) is 17.4. The average molecular weight is 342 g/mol. The topological polar surface area (TPSA) is 102 Å². The highest BCUT2D eigenvalue weighted by molar-refractivity contribution is 5.82. The van der Waals surface area contributed by atoms with Gasteiger partial charge in [0.2, 0.25) is 23.7 Å². The number of amides is 1. The molecule has 2 fully saturated rings. The molecule has 0 N–H and O–H groups in total. The zero-order valence-corrected chi connectivity index (χ0v) is 13.6. The number of carbonyl (C=O) groups excluding carboxylic acids is 1. The van der Waals surface area contributed by atoms with Crippen molar-refractivity contribution in [3.8, 4) is 11.4 Å². The Morgan fingerprint density at radius 1 is 1.28 bits per heavy atom. The molecule has 8 heteroatoms. The van der Waals surface area contributed by atoms with E-state index in [0.29, 0.717) is 24.7 Å². The van der Waals surface area contributed by atoms with E-state index >= 15 is 0 Å². The molecule has 1 amide bonds. The van der Waals surface area contributed by atoms with Crippen LogP contribution in [-0.4, -0.2) is 38.5 Å². The molecule has 0 bridgehead atoms. The first-order chi connectivity index (χ1) is 12.1. The van der Waals surface area contributed by atoms with Crippen molar-refractivity contribution in [2.75, 3.05) is 6.54 Å². The van der Waals surface area contributed by atoms with Crippen LogP contribution in [0.3, 0.4) is 0 Å². The van der Waals surface area contributed by atoms with Gasteiger partial charge in [0.15, 0.2) is 0 Å². The van der Waals surface area contributed by atoms with Gasteiger partial charge in [-0.3, -0.25) is 14.9 Å². The van der Waals surface area contributed by atoms with Gasteiger partial charge in [-0.05, 0) is 19.3 Å². The van der Waals surface area contributed by atoms with Crippen molar-refractivity contribution in [1.29, 1.82) is 0 Å². The predicted molar refractivity (Wildman–Crippen MR) is 86.9 cm³/mol. The van der Waals surface area contributed by atoms with Gasteiger partial charge in [-0.2, -0.15) is 4.98 Å². The maximum Gasteiger partial charge on any atom is 0.249 e. The lowest BCUT2D eigenvalue weighted by Crippen LogP contribution is -2.40. The van der Waals surface area contributed by atoms with Gasteiger partial charge < -0.3 is 9.42 Å². The fraction of sp³-hybridized carbons (Fsp3) is 0.471. The number of piperidine rings is 1. The summed E-state index contributed by atoms with van der Waals surface area (Å²) in [5.41, 5.74) is 0.849. The van der Waals surface area contributed by atoms with E-state index in [9.17, 15) is 14.9 Å². The Morgan fingerprint density at radius 2 is 2.08 bits per heavy atom. The Morgan fingerprint density at radius 3 is 2.80 bits per heavy atom. The van der Waals surface area contributed by atoms with Crippen LogP contribution in [0.1, 0.15) is 37.6 Å². The highest BCUT2D eigenvalue weighted by Gasteiger charge is 2.55. The quantitative estimate of drug-likeness (QED) is 0.624. The normalized spacial score (nSPS) is 25.6. The van der Waals surface area contributed by atoms with Crippen LogP contribution in [0, 0.1) is 16.0 Å². The molecule has 0 spiro atoms. The van der Waals surface area contributed by atoms with Crippen molar-refractivity contribution in [3.05, 3.63) is 46.3 Å². The second kappa shape index (κ2) is 6.27. The molecule has 3 atom stereocenters. The van der Waals surface area contributed by atoms with Crippen LogP contribution in [0.5, 0.6) is 0 Å². The van der Waals surface area contributed by atoms with Crippen LogP contribution in [0.25, 0.3) is 11.4 Å². The van der Waals surface area contributed by atoms with Crippen molar-refractivity contribution < 1.29 is 14.2 Å². The Hall–Kier alpha value is -2.77. The lowest BCUT2D eigenvalue weighted by atomic mass is 10.0. The number of hydrogen-bond donors (Lipinski definition) is 0. The van der Waals surface area contributed by atoms with Gasteiger partial charge in [0.05, 0.1) is 0 Å². The van der Waals surface area contributed by atoms with Gasteiger partial charge in [0.25, 0.3) is 0 Å².